The number of amidine groups is 1. The Labute approximate surface area is 220 Å². The molecule has 1 aromatic carbocycles. The van der Waals surface area contributed by atoms with Crippen molar-refractivity contribution in [3.63, 3.8) is 0 Å². The van der Waals surface area contributed by atoms with Gasteiger partial charge in [0.1, 0.15) is 5.84 Å². The largest absolute Gasteiger partial charge is 0.416 e. The first-order valence-corrected chi connectivity index (χ1v) is 12.9. The van der Waals surface area contributed by atoms with Crippen molar-refractivity contribution in [3.8, 4) is 0 Å². The van der Waals surface area contributed by atoms with Gasteiger partial charge in [-0.25, -0.2) is 4.99 Å². The zero-order valence-electron chi connectivity index (χ0n) is 22.4. The average Bonchev–Trinajstić information content (AvgIpc) is 3.44. The van der Waals surface area contributed by atoms with Gasteiger partial charge in [0, 0.05) is 44.4 Å². The number of alkyl halides is 3. The molecule has 0 unspecified atom stereocenters. The topological polar surface area (TPSA) is 78.8 Å². The van der Waals surface area contributed by atoms with Crippen LogP contribution in [0.1, 0.15) is 56.3 Å². The Kier molecular flexibility index (Phi) is 6.58. The highest BCUT2D eigenvalue weighted by molar-refractivity contribution is 6.11. The number of hydrogen-bond acceptors (Lipinski definition) is 7. The number of amides is 1. The lowest BCUT2D eigenvalue weighted by atomic mass is 9.92. The monoisotopic (exact) mass is 533 g/mol. The quantitative estimate of drug-likeness (QED) is 0.637. The van der Waals surface area contributed by atoms with Crippen LogP contribution < -0.4 is 5.32 Å². The lowest BCUT2D eigenvalue weighted by molar-refractivity contribution is -0.165. The molecule has 0 bridgehead atoms. The summed E-state index contributed by atoms with van der Waals surface area (Å²) in [7, 11) is 1.56. The highest BCUT2D eigenvalue weighted by Crippen LogP contribution is 2.39. The minimum absolute atomic E-state index is 0.0886. The van der Waals surface area contributed by atoms with E-state index >= 15 is 0 Å². The third-order valence-corrected chi connectivity index (χ3v) is 8.09. The Balaban J connectivity index is 1.46. The zero-order valence-corrected chi connectivity index (χ0v) is 22.4. The fraction of sp³-hybridized carbons (Fsp3) is 0.593. The van der Waals surface area contributed by atoms with E-state index in [9.17, 15) is 18.0 Å². The number of benzene rings is 1. The summed E-state index contributed by atoms with van der Waals surface area (Å²) >= 11 is 0. The Morgan fingerprint density at radius 3 is 2.58 bits per heavy atom. The molecule has 1 N–H and O–H groups in total. The van der Waals surface area contributed by atoms with Crippen LogP contribution >= 0.6 is 0 Å². The van der Waals surface area contributed by atoms with Crippen LogP contribution in [0.25, 0.3) is 0 Å². The minimum atomic E-state index is -4.43. The Hall–Kier alpha value is -2.92. The van der Waals surface area contributed by atoms with Gasteiger partial charge in [-0.1, -0.05) is 12.1 Å². The second-order valence-electron chi connectivity index (χ2n) is 11.0. The molecule has 38 heavy (non-hydrogen) atoms. The molecule has 8 nitrogen and oxygen atoms in total. The molecular weight excluding hydrogens is 499 g/mol. The number of guanidine groups is 1. The fourth-order valence-electron chi connectivity index (χ4n) is 5.92. The number of nitrogens with zero attached hydrogens (tertiary/aromatic N) is 4. The molecule has 206 valence electrons. The van der Waals surface area contributed by atoms with E-state index in [1.165, 1.54) is 13.0 Å². The predicted molar refractivity (Wildman–Crippen MR) is 137 cm³/mol. The lowest BCUT2D eigenvalue weighted by Crippen LogP contribution is -2.53. The molecule has 0 saturated carbocycles. The van der Waals surface area contributed by atoms with Crippen molar-refractivity contribution in [1.29, 1.82) is 0 Å². The van der Waals surface area contributed by atoms with Gasteiger partial charge >= 0.3 is 6.18 Å². The van der Waals surface area contributed by atoms with Gasteiger partial charge in [0.05, 0.1) is 36.8 Å². The van der Waals surface area contributed by atoms with Crippen molar-refractivity contribution < 1.29 is 27.4 Å². The predicted octanol–water partition coefficient (Wildman–Crippen LogP) is 3.82. The summed E-state index contributed by atoms with van der Waals surface area (Å²) < 4.78 is 51.9. The van der Waals surface area contributed by atoms with E-state index in [2.05, 4.69) is 29.1 Å². The second-order valence-corrected chi connectivity index (χ2v) is 11.0. The first-order valence-electron chi connectivity index (χ1n) is 12.9. The Bertz CT molecular complexity index is 1230. The number of nitrogens with one attached hydrogen (secondary N) is 1. The van der Waals surface area contributed by atoms with E-state index in [-0.39, 0.29) is 17.0 Å². The van der Waals surface area contributed by atoms with E-state index < -0.39 is 23.4 Å². The molecule has 0 radical (unpaired) electrons. The van der Waals surface area contributed by atoms with Crippen LogP contribution in [0.5, 0.6) is 0 Å². The van der Waals surface area contributed by atoms with Gasteiger partial charge in [0.2, 0.25) is 5.96 Å². The maximum absolute atomic E-state index is 13.8. The lowest BCUT2D eigenvalue weighted by Gasteiger charge is -2.38. The number of fused-ring (bicyclic) bond motifs is 2. The molecule has 1 amide bonds. The minimum Gasteiger partial charge on any atom is -0.381 e. The summed E-state index contributed by atoms with van der Waals surface area (Å²) in [6.45, 7) is 9.62. The molecule has 0 spiro atoms. The van der Waals surface area contributed by atoms with Crippen molar-refractivity contribution in [2.75, 3.05) is 40.0 Å². The molecule has 1 fully saturated rings. The molecule has 0 aromatic heterocycles. The van der Waals surface area contributed by atoms with Crippen LogP contribution in [-0.4, -0.2) is 78.6 Å². The number of hydrogen-bond donors (Lipinski definition) is 1. The third kappa shape index (κ3) is 4.39. The van der Waals surface area contributed by atoms with Crippen LogP contribution in [0, 0.1) is 6.92 Å². The first-order chi connectivity index (χ1) is 17.9. The van der Waals surface area contributed by atoms with E-state index in [0.717, 1.165) is 17.3 Å². The molecule has 1 saturated heterocycles. The number of halogens is 3. The van der Waals surface area contributed by atoms with Gasteiger partial charge in [-0.3, -0.25) is 4.79 Å². The summed E-state index contributed by atoms with van der Waals surface area (Å²) in [5.41, 5.74) is 0.595. The number of ether oxygens (including phenoxy) is 2. The summed E-state index contributed by atoms with van der Waals surface area (Å²) in [5, 5.41) is 3.36. The van der Waals surface area contributed by atoms with Crippen LogP contribution in [-0.2, 0) is 20.4 Å². The van der Waals surface area contributed by atoms with Gasteiger partial charge < -0.3 is 24.6 Å². The maximum Gasteiger partial charge on any atom is 0.416 e. The van der Waals surface area contributed by atoms with Crippen molar-refractivity contribution in [3.05, 3.63) is 46.2 Å². The van der Waals surface area contributed by atoms with E-state index in [0.29, 0.717) is 63.0 Å². The van der Waals surface area contributed by atoms with E-state index in [4.69, 9.17) is 14.5 Å². The molecule has 1 aromatic rings. The van der Waals surface area contributed by atoms with E-state index in [1.54, 1.807) is 18.1 Å². The molecule has 5 rings (SSSR count). The van der Waals surface area contributed by atoms with Gasteiger partial charge in [0.15, 0.2) is 5.60 Å². The van der Waals surface area contributed by atoms with Crippen LogP contribution in [0.3, 0.4) is 0 Å². The van der Waals surface area contributed by atoms with Crippen molar-refractivity contribution >= 4 is 17.7 Å². The highest BCUT2D eigenvalue weighted by atomic mass is 19.4. The second kappa shape index (κ2) is 9.37. The van der Waals surface area contributed by atoms with Gasteiger partial charge in [0.25, 0.3) is 5.91 Å². The average molecular weight is 534 g/mol. The number of carbonyl (C=O) groups excluding carboxylic acids is 1. The maximum atomic E-state index is 13.8. The molecule has 4 heterocycles. The summed E-state index contributed by atoms with van der Waals surface area (Å²) in [5.74, 6) is 0.992. The first kappa shape index (κ1) is 26.7. The van der Waals surface area contributed by atoms with Gasteiger partial charge in [-0.15, -0.1) is 0 Å². The summed E-state index contributed by atoms with van der Waals surface area (Å²) in [6.07, 6.45) is -3.47. The SMILES string of the molecule is COC1(C(=O)N2CC3=C(C2)N2C(=NCC2(C)C)N=C3N[C@H](C)c2cccc(C(F)(F)F)c2C)CCOCC1. The van der Waals surface area contributed by atoms with Crippen molar-refractivity contribution in [2.45, 2.75) is 63.9 Å². The third-order valence-electron chi connectivity index (χ3n) is 8.09. The molecular formula is C27H34F3N5O3. The van der Waals surface area contributed by atoms with Crippen LogP contribution in [0.4, 0.5) is 13.2 Å². The fourth-order valence-corrected chi connectivity index (χ4v) is 5.92. The van der Waals surface area contributed by atoms with Crippen LogP contribution in [0.15, 0.2) is 39.5 Å². The normalized spacial score (nSPS) is 23.1. The molecule has 11 heteroatoms. The molecule has 1 atom stereocenters. The highest BCUT2D eigenvalue weighted by Gasteiger charge is 2.49. The van der Waals surface area contributed by atoms with Gasteiger partial charge in [-0.2, -0.15) is 18.2 Å². The van der Waals surface area contributed by atoms with Gasteiger partial charge in [-0.05, 0) is 44.9 Å². The van der Waals surface area contributed by atoms with Crippen LogP contribution in [0.2, 0.25) is 0 Å². The Morgan fingerprint density at radius 1 is 1.21 bits per heavy atom. The number of carbonyl (C=O) groups is 1. The van der Waals surface area contributed by atoms with E-state index in [1.807, 2.05) is 6.92 Å². The molecule has 0 aliphatic carbocycles. The Morgan fingerprint density at radius 2 is 1.92 bits per heavy atom. The number of aliphatic imine (C=N–C) groups is 2. The number of methoxy groups -OCH3 is 1. The number of rotatable bonds is 4. The molecule has 4 aliphatic rings. The zero-order chi connectivity index (χ0) is 27.5. The smallest absolute Gasteiger partial charge is 0.381 e. The van der Waals surface area contributed by atoms with Crippen molar-refractivity contribution in [2.24, 2.45) is 9.98 Å². The summed E-state index contributed by atoms with van der Waals surface area (Å²) in [6, 6.07) is 3.76. The summed E-state index contributed by atoms with van der Waals surface area (Å²) in [4.78, 5) is 27.1. The standard InChI is InChI=1S/C27H34F3N5O3/c1-16-18(7-6-8-20(16)27(28,29)30)17(2)32-22-19-13-34(23(36)26(37-5)9-11-38-12-10-26)14-21(19)35-24(33-22)31-15-25(35,3)4/h6-8,17H,9-15H2,1-5H3,(H,31,32,33)/t17-/m1/s1. The molecule has 4 aliphatic heterocycles. The van der Waals surface area contributed by atoms with Crippen molar-refractivity contribution in [1.82, 2.24) is 15.1 Å².